The van der Waals surface area contributed by atoms with Crippen molar-refractivity contribution in [2.75, 3.05) is 7.05 Å². The average molecular weight is 213 g/mol. The van der Waals surface area contributed by atoms with Crippen LogP contribution < -0.4 is 0 Å². The quantitative estimate of drug-likeness (QED) is 0.528. The number of hydrogen-bond acceptors (Lipinski definition) is 2. The highest BCUT2D eigenvalue weighted by atomic mass is 35.5. The van der Waals surface area contributed by atoms with Crippen molar-refractivity contribution in [2.24, 2.45) is 0 Å². The summed E-state index contributed by atoms with van der Waals surface area (Å²) in [6, 6.07) is 3.61. The number of nitrogens with zero attached hydrogens (tertiary/aromatic N) is 2. The van der Waals surface area contributed by atoms with Gasteiger partial charge in [-0.3, -0.25) is 4.79 Å². The molecular formula is C9H6ClFN2O. The first-order chi connectivity index (χ1) is 6.56. The van der Waals surface area contributed by atoms with Crippen LogP contribution in [0.15, 0.2) is 18.2 Å². The molecule has 0 fully saturated rings. The number of nitriles is 1. The fourth-order valence-electron chi connectivity index (χ4n) is 0.887. The van der Waals surface area contributed by atoms with E-state index in [4.69, 9.17) is 16.9 Å². The van der Waals surface area contributed by atoms with Crippen LogP contribution in [0.25, 0.3) is 0 Å². The van der Waals surface area contributed by atoms with E-state index < -0.39 is 11.7 Å². The van der Waals surface area contributed by atoms with Crippen molar-refractivity contribution in [3.8, 4) is 6.19 Å². The van der Waals surface area contributed by atoms with Crippen molar-refractivity contribution in [1.29, 1.82) is 5.26 Å². The largest absolute Gasteiger partial charge is 0.269 e. The first kappa shape index (κ1) is 10.5. The molecule has 3 nitrogen and oxygen atoms in total. The number of benzene rings is 1. The molecule has 1 amide bonds. The van der Waals surface area contributed by atoms with Gasteiger partial charge in [0.15, 0.2) is 6.19 Å². The SMILES string of the molecule is CN(C#N)C(=O)c1cc(Cl)ccc1F. The molecule has 0 aromatic heterocycles. The maximum atomic E-state index is 13.1. The summed E-state index contributed by atoms with van der Waals surface area (Å²) in [6.45, 7) is 0. The number of hydrogen-bond donors (Lipinski definition) is 0. The molecule has 1 aromatic carbocycles. The molecular weight excluding hydrogens is 207 g/mol. The van der Waals surface area contributed by atoms with Crippen LogP contribution in [0.3, 0.4) is 0 Å². The monoisotopic (exact) mass is 212 g/mol. The third-order valence-electron chi connectivity index (χ3n) is 1.61. The molecule has 14 heavy (non-hydrogen) atoms. The summed E-state index contributed by atoms with van der Waals surface area (Å²) in [7, 11) is 1.25. The number of carbonyl (C=O) groups excluding carboxylic acids is 1. The highest BCUT2D eigenvalue weighted by Gasteiger charge is 2.15. The minimum absolute atomic E-state index is 0.207. The Bertz CT molecular complexity index is 414. The minimum Gasteiger partial charge on any atom is -0.268 e. The zero-order chi connectivity index (χ0) is 10.7. The Morgan fingerprint density at radius 2 is 2.29 bits per heavy atom. The van der Waals surface area contributed by atoms with Crippen molar-refractivity contribution in [3.63, 3.8) is 0 Å². The Morgan fingerprint density at radius 3 is 2.86 bits per heavy atom. The predicted molar refractivity (Wildman–Crippen MR) is 49.1 cm³/mol. The first-order valence-corrected chi connectivity index (χ1v) is 4.07. The molecule has 0 heterocycles. The van der Waals surface area contributed by atoms with E-state index in [0.717, 1.165) is 11.0 Å². The molecule has 0 aliphatic carbocycles. The lowest BCUT2D eigenvalue weighted by Crippen LogP contribution is -2.22. The molecule has 0 radical (unpaired) electrons. The number of halogens is 2. The normalized spacial score (nSPS) is 9.29. The van der Waals surface area contributed by atoms with Crippen LogP contribution >= 0.6 is 11.6 Å². The zero-order valence-corrected chi connectivity index (χ0v) is 8.05. The predicted octanol–water partition coefficient (Wildman–Crippen LogP) is 2.03. The minimum atomic E-state index is -0.715. The Balaban J connectivity index is 3.14. The second kappa shape index (κ2) is 4.07. The van der Waals surface area contributed by atoms with Crippen LogP contribution in [0, 0.1) is 17.3 Å². The van der Waals surface area contributed by atoms with Crippen LogP contribution in [0.4, 0.5) is 4.39 Å². The first-order valence-electron chi connectivity index (χ1n) is 3.69. The maximum absolute atomic E-state index is 13.1. The van der Waals surface area contributed by atoms with Gasteiger partial charge in [-0.25, -0.2) is 9.29 Å². The summed E-state index contributed by atoms with van der Waals surface area (Å²) < 4.78 is 13.1. The number of amides is 1. The van der Waals surface area contributed by atoms with E-state index in [-0.39, 0.29) is 10.6 Å². The summed E-state index contributed by atoms with van der Waals surface area (Å²) in [4.78, 5) is 12.1. The van der Waals surface area contributed by atoms with Crippen molar-refractivity contribution in [3.05, 3.63) is 34.6 Å². The molecule has 1 aromatic rings. The fraction of sp³-hybridized carbons (Fsp3) is 0.111. The summed E-state index contributed by atoms with van der Waals surface area (Å²) in [5, 5.41) is 8.68. The third kappa shape index (κ3) is 2.01. The van der Waals surface area contributed by atoms with Crippen LogP contribution in [-0.4, -0.2) is 17.9 Å². The maximum Gasteiger partial charge on any atom is 0.269 e. The van der Waals surface area contributed by atoms with E-state index in [1.165, 1.54) is 19.2 Å². The van der Waals surface area contributed by atoms with Crippen molar-refractivity contribution in [2.45, 2.75) is 0 Å². The van der Waals surface area contributed by atoms with E-state index in [9.17, 15) is 9.18 Å². The highest BCUT2D eigenvalue weighted by molar-refractivity contribution is 6.31. The standard InChI is InChI=1S/C9H6ClFN2O/c1-13(5-12)9(14)7-4-6(10)2-3-8(7)11/h2-4H,1H3. The van der Waals surface area contributed by atoms with Crippen LogP contribution in [-0.2, 0) is 0 Å². The second-order valence-corrected chi connectivity index (χ2v) is 3.02. The van der Waals surface area contributed by atoms with Crippen molar-refractivity contribution >= 4 is 17.5 Å². The van der Waals surface area contributed by atoms with Gasteiger partial charge in [-0.2, -0.15) is 5.26 Å². The zero-order valence-electron chi connectivity index (χ0n) is 7.29. The molecule has 0 saturated carbocycles. The Labute approximate surface area is 85.3 Å². The molecule has 0 aliphatic rings. The Morgan fingerprint density at radius 1 is 1.64 bits per heavy atom. The van der Waals surface area contributed by atoms with Gasteiger partial charge in [-0.1, -0.05) is 11.6 Å². The molecule has 5 heteroatoms. The number of carbonyl (C=O) groups is 1. The molecule has 0 unspecified atom stereocenters. The van der Waals surface area contributed by atoms with Crippen LogP contribution in [0.1, 0.15) is 10.4 Å². The van der Waals surface area contributed by atoms with Gasteiger partial charge in [-0.05, 0) is 18.2 Å². The summed E-state index contributed by atoms with van der Waals surface area (Å²) in [5.41, 5.74) is -0.207. The van der Waals surface area contributed by atoms with Crippen molar-refractivity contribution in [1.82, 2.24) is 4.90 Å². The topological polar surface area (TPSA) is 44.1 Å². The van der Waals surface area contributed by atoms with E-state index in [1.54, 1.807) is 6.19 Å². The smallest absolute Gasteiger partial charge is 0.268 e. The third-order valence-corrected chi connectivity index (χ3v) is 1.85. The highest BCUT2D eigenvalue weighted by Crippen LogP contribution is 2.15. The Hall–Kier alpha value is -1.60. The van der Waals surface area contributed by atoms with Gasteiger partial charge in [-0.15, -0.1) is 0 Å². The molecule has 72 valence electrons. The van der Waals surface area contributed by atoms with Crippen molar-refractivity contribution < 1.29 is 9.18 Å². The van der Waals surface area contributed by atoms with E-state index in [2.05, 4.69) is 0 Å². The summed E-state index contributed by atoms with van der Waals surface area (Å²) >= 11 is 5.59. The molecule has 0 bridgehead atoms. The summed E-state index contributed by atoms with van der Waals surface area (Å²) in [6.07, 6.45) is 1.58. The lowest BCUT2D eigenvalue weighted by molar-refractivity contribution is 0.0854. The van der Waals surface area contributed by atoms with E-state index >= 15 is 0 Å². The van der Waals surface area contributed by atoms with E-state index in [1.807, 2.05) is 0 Å². The van der Waals surface area contributed by atoms with Gasteiger partial charge in [0.1, 0.15) is 5.82 Å². The van der Waals surface area contributed by atoms with E-state index in [0.29, 0.717) is 0 Å². The second-order valence-electron chi connectivity index (χ2n) is 2.59. The van der Waals surface area contributed by atoms with Gasteiger partial charge < -0.3 is 0 Å². The lowest BCUT2D eigenvalue weighted by Gasteiger charge is -2.07. The molecule has 1 rings (SSSR count). The molecule has 0 atom stereocenters. The van der Waals surface area contributed by atoms with Gasteiger partial charge in [0.25, 0.3) is 5.91 Å². The van der Waals surface area contributed by atoms with Crippen LogP contribution in [0.5, 0.6) is 0 Å². The molecule has 0 saturated heterocycles. The van der Waals surface area contributed by atoms with Gasteiger partial charge >= 0.3 is 0 Å². The van der Waals surface area contributed by atoms with Gasteiger partial charge in [0, 0.05) is 12.1 Å². The van der Waals surface area contributed by atoms with Gasteiger partial charge in [0.2, 0.25) is 0 Å². The van der Waals surface area contributed by atoms with Crippen LogP contribution in [0.2, 0.25) is 5.02 Å². The van der Waals surface area contributed by atoms with Gasteiger partial charge in [0.05, 0.1) is 5.56 Å². The number of rotatable bonds is 1. The Kier molecular flexibility index (Phi) is 3.05. The lowest BCUT2D eigenvalue weighted by atomic mass is 10.2. The summed E-state index contributed by atoms with van der Waals surface area (Å²) in [5.74, 6) is -1.41. The average Bonchev–Trinajstić information content (AvgIpc) is 2.19. The molecule has 0 aliphatic heterocycles. The fourth-order valence-corrected chi connectivity index (χ4v) is 1.06. The molecule has 0 N–H and O–H groups in total. The molecule has 0 spiro atoms.